The van der Waals surface area contributed by atoms with Gasteiger partial charge in [-0.25, -0.2) is 0 Å². The number of aryl methyl sites for hydroxylation is 1. The highest BCUT2D eigenvalue weighted by molar-refractivity contribution is 7.07. The molecular weight excluding hydrogens is 308 g/mol. The molecule has 0 aliphatic carbocycles. The largest absolute Gasteiger partial charge is 0.349 e. The summed E-state index contributed by atoms with van der Waals surface area (Å²) in [4.78, 5) is 15.4. The van der Waals surface area contributed by atoms with Crippen LogP contribution in [0.2, 0.25) is 0 Å². The van der Waals surface area contributed by atoms with E-state index < -0.39 is 0 Å². The third kappa shape index (κ3) is 3.95. The van der Waals surface area contributed by atoms with Crippen LogP contribution in [0.25, 0.3) is 0 Å². The lowest BCUT2D eigenvalue weighted by Gasteiger charge is -2.35. The van der Waals surface area contributed by atoms with Crippen LogP contribution >= 0.6 is 11.5 Å². The van der Waals surface area contributed by atoms with E-state index in [1.807, 2.05) is 13.0 Å². The van der Waals surface area contributed by atoms with Gasteiger partial charge in [0.25, 0.3) is 5.91 Å². The van der Waals surface area contributed by atoms with Gasteiger partial charge in [0.15, 0.2) is 0 Å². The predicted molar refractivity (Wildman–Crippen MR) is 91.6 cm³/mol. The van der Waals surface area contributed by atoms with Crippen LogP contribution in [-0.4, -0.2) is 40.0 Å². The Hall–Kier alpha value is -1.79. The van der Waals surface area contributed by atoms with Gasteiger partial charge >= 0.3 is 0 Å². The summed E-state index contributed by atoms with van der Waals surface area (Å²) < 4.78 is 3.84. The standard InChI is InChI=1S/C17H22N4OS/c1-13-16(23-20-19-13)17(22)18-12-15(14-8-4-2-5-9-14)21-10-6-3-7-11-21/h2,4-5,8-9,15H,3,6-7,10-12H2,1H3,(H,18,22)/t15-/m1/s1. The fraction of sp³-hybridized carbons (Fsp3) is 0.471. The van der Waals surface area contributed by atoms with Crippen molar-refractivity contribution >= 4 is 17.4 Å². The number of likely N-dealkylation sites (tertiary alicyclic amines) is 1. The topological polar surface area (TPSA) is 58.1 Å². The smallest absolute Gasteiger partial charge is 0.265 e. The lowest BCUT2D eigenvalue weighted by molar-refractivity contribution is 0.0927. The average molecular weight is 330 g/mol. The molecule has 1 N–H and O–H groups in total. The fourth-order valence-electron chi connectivity index (χ4n) is 3.07. The molecule has 1 aliphatic rings. The molecule has 0 bridgehead atoms. The van der Waals surface area contributed by atoms with Crippen molar-refractivity contribution in [2.45, 2.75) is 32.2 Å². The maximum atomic E-state index is 12.3. The highest BCUT2D eigenvalue weighted by atomic mass is 32.1. The molecule has 23 heavy (non-hydrogen) atoms. The molecule has 0 unspecified atom stereocenters. The molecule has 1 saturated heterocycles. The zero-order chi connectivity index (χ0) is 16.1. The van der Waals surface area contributed by atoms with Gasteiger partial charge in [0.1, 0.15) is 4.88 Å². The van der Waals surface area contributed by atoms with Crippen molar-refractivity contribution in [1.82, 2.24) is 19.8 Å². The van der Waals surface area contributed by atoms with Crippen LogP contribution in [0, 0.1) is 6.92 Å². The lowest BCUT2D eigenvalue weighted by Crippen LogP contribution is -2.40. The van der Waals surface area contributed by atoms with Gasteiger partial charge in [-0.2, -0.15) is 0 Å². The molecule has 3 rings (SSSR count). The molecule has 5 nitrogen and oxygen atoms in total. The van der Waals surface area contributed by atoms with Crippen molar-refractivity contribution in [3.63, 3.8) is 0 Å². The number of rotatable bonds is 5. The SMILES string of the molecule is Cc1nnsc1C(=O)NC[C@H](c1ccccc1)N1CCCCC1. The minimum Gasteiger partial charge on any atom is -0.349 e. The second kappa shape index (κ2) is 7.66. The maximum Gasteiger partial charge on any atom is 0.265 e. The van der Waals surface area contributed by atoms with Gasteiger partial charge in [-0.15, -0.1) is 5.10 Å². The number of nitrogens with one attached hydrogen (secondary N) is 1. The minimum absolute atomic E-state index is 0.0737. The number of benzene rings is 1. The van der Waals surface area contributed by atoms with Gasteiger partial charge in [-0.05, 0) is 50.0 Å². The van der Waals surface area contributed by atoms with E-state index in [0.717, 1.165) is 24.6 Å². The number of amides is 1. The third-order valence-corrected chi connectivity index (χ3v) is 5.16. The maximum absolute atomic E-state index is 12.3. The van der Waals surface area contributed by atoms with Crippen LogP contribution in [0.5, 0.6) is 0 Å². The van der Waals surface area contributed by atoms with Gasteiger partial charge in [0.05, 0.1) is 11.7 Å². The van der Waals surface area contributed by atoms with Crippen molar-refractivity contribution in [3.8, 4) is 0 Å². The molecule has 1 atom stereocenters. The van der Waals surface area contributed by atoms with Gasteiger partial charge in [0, 0.05) is 6.54 Å². The first kappa shape index (κ1) is 16.1. The van der Waals surface area contributed by atoms with Crippen LogP contribution in [0.15, 0.2) is 30.3 Å². The van der Waals surface area contributed by atoms with Crippen molar-refractivity contribution in [3.05, 3.63) is 46.5 Å². The Balaban J connectivity index is 1.71. The lowest BCUT2D eigenvalue weighted by atomic mass is 10.0. The summed E-state index contributed by atoms with van der Waals surface area (Å²) in [6, 6.07) is 10.7. The Morgan fingerprint density at radius 2 is 2.00 bits per heavy atom. The summed E-state index contributed by atoms with van der Waals surface area (Å²) in [6.45, 7) is 4.62. The number of aromatic nitrogens is 2. The first-order valence-corrected chi connectivity index (χ1v) is 8.89. The highest BCUT2D eigenvalue weighted by Gasteiger charge is 2.23. The molecule has 122 valence electrons. The zero-order valence-electron chi connectivity index (χ0n) is 13.4. The second-order valence-corrected chi connectivity index (χ2v) is 6.67. The first-order chi connectivity index (χ1) is 11.3. The summed E-state index contributed by atoms with van der Waals surface area (Å²) >= 11 is 1.15. The van der Waals surface area contributed by atoms with Gasteiger partial charge in [0.2, 0.25) is 0 Å². The summed E-state index contributed by atoms with van der Waals surface area (Å²) in [6.07, 6.45) is 3.76. The monoisotopic (exact) mass is 330 g/mol. The Morgan fingerprint density at radius 3 is 2.65 bits per heavy atom. The van der Waals surface area contributed by atoms with Crippen molar-refractivity contribution < 1.29 is 4.79 Å². The Kier molecular flexibility index (Phi) is 5.35. The molecular formula is C17H22N4OS. The van der Waals surface area contributed by atoms with E-state index in [1.165, 1.54) is 24.8 Å². The van der Waals surface area contributed by atoms with Crippen LogP contribution in [0.3, 0.4) is 0 Å². The highest BCUT2D eigenvalue weighted by Crippen LogP contribution is 2.24. The molecule has 0 saturated carbocycles. The van der Waals surface area contributed by atoms with E-state index in [1.54, 1.807) is 0 Å². The third-order valence-electron chi connectivity index (χ3n) is 4.33. The van der Waals surface area contributed by atoms with E-state index in [4.69, 9.17) is 0 Å². The van der Waals surface area contributed by atoms with Gasteiger partial charge in [-0.3, -0.25) is 9.69 Å². The Morgan fingerprint density at radius 1 is 1.26 bits per heavy atom. The van der Waals surface area contributed by atoms with Crippen LogP contribution < -0.4 is 5.32 Å². The summed E-state index contributed by atoms with van der Waals surface area (Å²) in [7, 11) is 0. The Labute approximate surface area is 140 Å². The number of hydrogen-bond donors (Lipinski definition) is 1. The number of carbonyl (C=O) groups is 1. The fourth-order valence-corrected chi connectivity index (χ4v) is 3.65. The van der Waals surface area contributed by atoms with E-state index in [0.29, 0.717) is 17.1 Å². The van der Waals surface area contributed by atoms with Crippen molar-refractivity contribution in [2.24, 2.45) is 0 Å². The molecule has 1 aromatic carbocycles. The molecule has 1 aliphatic heterocycles. The van der Waals surface area contributed by atoms with E-state index >= 15 is 0 Å². The molecule has 1 aromatic heterocycles. The van der Waals surface area contributed by atoms with E-state index in [9.17, 15) is 4.79 Å². The van der Waals surface area contributed by atoms with Crippen molar-refractivity contribution in [1.29, 1.82) is 0 Å². The molecule has 2 heterocycles. The van der Waals surface area contributed by atoms with E-state index in [2.05, 4.69) is 44.1 Å². The minimum atomic E-state index is -0.0737. The number of carbonyl (C=O) groups excluding carboxylic acids is 1. The zero-order valence-corrected chi connectivity index (χ0v) is 14.2. The quantitative estimate of drug-likeness (QED) is 0.916. The number of nitrogens with zero attached hydrogens (tertiary/aromatic N) is 3. The van der Waals surface area contributed by atoms with Crippen LogP contribution in [0.1, 0.15) is 46.2 Å². The van der Waals surface area contributed by atoms with Crippen LogP contribution in [0.4, 0.5) is 0 Å². The number of hydrogen-bond acceptors (Lipinski definition) is 5. The molecule has 1 amide bonds. The molecule has 0 spiro atoms. The first-order valence-electron chi connectivity index (χ1n) is 8.12. The molecule has 0 radical (unpaired) electrons. The normalized spacial score (nSPS) is 16.9. The molecule has 1 fully saturated rings. The van der Waals surface area contributed by atoms with Crippen LogP contribution in [-0.2, 0) is 0 Å². The summed E-state index contributed by atoms with van der Waals surface area (Å²) in [5.74, 6) is -0.0737. The van der Waals surface area contributed by atoms with Gasteiger partial charge < -0.3 is 5.32 Å². The number of piperidine rings is 1. The Bertz CT molecular complexity index is 637. The summed E-state index contributed by atoms with van der Waals surface area (Å²) in [5.41, 5.74) is 1.95. The van der Waals surface area contributed by atoms with Gasteiger partial charge in [-0.1, -0.05) is 41.2 Å². The molecule has 2 aromatic rings. The van der Waals surface area contributed by atoms with Crippen molar-refractivity contribution in [2.75, 3.05) is 19.6 Å². The second-order valence-electron chi connectivity index (χ2n) is 5.92. The molecule has 6 heteroatoms. The average Bonchev–Trinajstić information content (AvgIpc) is 3.03. The van der Waals surface area contributed by atoms with E-state index in [-0.39, 0.29) is 11.9 Å². The summed E-state index contributed by atoms with van der Waals surface area (Å²) in [5, 5.41) is 6.98. The predicted octanol–water partition coefficient (Wildman–Crippen LogP) is 2.80.